The van der Waals surface area contributed by atoms with Crippen molar-refractivity contribution in [1.82, 2.24) is 15.1 Å². The minimum Gasteiger partial charge on any atom is -0.341 e. The van der Waals surface area contributed by atoms with Crippen LogP contribution in [0.5, 0.6) is 0 Å². The monoisotopic (exact) mass is 355 g/mol. The Kier molecular flexibility index (Phi) is 5.60. The molecule has 3 aliphatic heterocycles. The molecule has 3 heterocycles. The van der Waals surface area contributed by atoms with Gasteiger partial charge in [-0.1, -0.05) is 30.7 Å². The summed E-state index contributed by atoms with van der Waals surface area (Å²) in [7, 11) is 0. The van der Waals surface area contributed by atoms with Gasteiger partial charge in [0.15, 0.2) is 0 Å². The molecule has 1 aromatic rings. The number of carbonyl (C=O) groups is 1. The van der Waals surface area contributed by atoms with E-state index in [1.54, 1.807) is 0 Å². The van der Waals surface area contributed by atoms with E-state index in [1.165, 1.54) is 49.9 Å². The molecule has 0 aromatic heterocycles. The minimum absolute atomic E-state index is 0.0439. The van der Waals surface area contributed by atoms with E-state index < -0.39 is 0 Å². The molecule has 0 bridgehead atoms. The van der Waals surface area contributed by atoms with Gasteiger partial charge in [0.25, 0.3) is 0 Å². The molecule has 4 heteroatoms. The quantitative estimate of drug-likeness (QED) is 0.906. The first-order valence-electron chi connectivity index (χ1n) is 10.5. The fraction of sp³-hybridized carbons (Fsp3) is 0.682. The van der Waals surface area contributed by atoms with Crippen LogP contribution in [0, 0.1) is 5.92 Å². The highest BCUT2D eigenvalue weighted by Gasteiger charge is 2.32. The maximum Gasteiger partial charge on any atom is 0.240 e. The lowest BCUT2D eigenvalue weighted by Gasteiger charge is -2.40. The van der Waals surface area contributed by atoms with E-state index in [1.807, 2.05) is 0 Å². The van der Waals surface area contributed by atoms with Gasteiger partial charge in [0.2, 0.25) is 5.91 Å². The molecule has 3 aliphatic rings. The summed E-state index contributed by atoms with van der Waals surface area (Å²) in [6.45, 7) is 7.48. The highest BCUT2D eigenvalue weighted by atomic mass is 16.2. The molecule has 2 fully saturated rings. The lowest BCUT2D eigenvalue weighted by Crippen LogP contribution is -2.53. The van der Waals surface area contributed by atoms with E-state index in [9.17, 15) is 4.79 Å². The summed E-state index contributed by atoms with van der Waals surface area (Å²) in [6, 6.07) is 9.18. The number of hydrogen-bond donors (Lipinski definition) is 1. The summed E-state index contributed by atoms with van der Waals surface area (Å²) < 4.78 is 0. The van der Waals surface area contributed by atoms with Gasteiger partial charge in [-0.3, -0.25) is 4.79 Å². The fourth-order valence-corrected chi connectivity index (χ4v) is 5.02. The number of amides is 1. The van der Waals surface area contributed by atoms with Crippen LogP contribution in [0.4, 0.5) is 0 Å². The van der Waals surface area contributed by atoms with Crippen molar-refractivity contribution in [2.24, 2.45) is 5.92 Å². The molecule has 0 saturated carbocycles. The molecular weight excluding hydrogens is 322 g/mol. The van der Waals surface area contributed by atoms with Gasteiger partial charge in [-0.05, 0) is 62.6 Å². The molecular formula is C22H33N3O. The molecule has 3 atom stereocenters. The SMILES string of the molecule is C[C@@H]1CCCCN1C[C@@H]1CCCN(C(=O)[C@H]2Cc3ccccc3CN2)C1. The molecule has 26 heavy (non-hydrogen) atoms. The van der Waals surface area contributed by atoms with E-state index in [-0.39, 0.29) is 6.04 Å². The highest BCUT2D eigenvalue weighted by Crippen LogP contribution is 2.24. The van der Waals surface area contributed by atoms with Crippen molar-refractivity contribution in [3.05, 3.63) is 35.4 Å². The van der Waals surface area contributed by atoms with E-state index in [0.29, 0.717) is 17.9 Å². The summed E-state index contributed by atoms with van der Waals surface area (Å²) in [5.74, 6) is 0.958. The van der Waals surface area contributed by atoms with Crippen LogP contribution in [0.1, 0.15) is 50.2 Å². The number of fused-ring (bicyclic) bond motifs is 1. The largest absolute Gasteiger partial charge is 0.341 e. The summed E-state index contributed by atoms with van der Waals surface area (Å²) >= 11 is 0. The summed E-state index contributed by atoms with van der Waals surface area (Å²) in [5.41, 5.74) is 2.67. The van der Waals surface area contributed by atoms with E-state index in [2.05, 4.69) is 46.3 Å². The van der Waals surface area contributed by atoms with Crippen molar-refractivity contribution < 1.29 is 4.79 Å². The van der Waals surface area contributed by atoms with Crippen molar-refractivity contribution in [3.63, 3.8) is 0 Å². The van der Waals surface area contributed by atoms with Gasteiger partial charge in [-0.25, -0.2) is 0 Å². The van der Waals surface area contributed by atoms with Gasteiger partial charge in [0.05, 0.1) is 6.04 Å². The summed E-state index contributed by atoms with van der Waals surface area (Å²) in [4.78, 5) is 17.9. The number of piperidine rings is 2. The summed E-state index contributed by atoms with van der Waals surface area (Å²) in [5, 5.41) is 3.47. The van der Waals surface area contributed by atoms with Crippen molar-refractivity contribution in [3.8, 4) is 0 Å². The first-order chi connectivity index (χ1) is 12.7. The van der Waals surface area contributed by atoms with Crippen LogP contribution in [0.25, 0.3) is 0 Å². The van der Waals surface area contributed by atoms with Crippen LogP contribution in [-0.2, 0) is 17.8 Å². The van der Waals surface area contributed by atoms with Gasteiger partial charge in [-0.2, -0.15) is 0 Å². The van der Waals surface area contributed by atoms with Gasteiger partial charge in [0.1, 0.15) is 0 Å². The van der Waals surface area contributed by atoms with E-state index in [4.69, 9.17) is 0 Å². The van der Waals surface area contributed by atoms with E-state index in [0.717, 1.165) is 32.5 Å². The predicted molar refractivity (Wildman–Crippen MR) is 105 cm³/mol. The maximum atomic E-state index is 13.1. The van der Waals surface area contributed by atoms with Crippen molar-refractivity contribution >= 4 is 5.91 Å². The topological polar surface area (TPSA) is 35.6 Å². The smallest absolute Gasteiger partial charge is 0.240 e. The minimum atomic E-state index is -0.0439. The van der Waals surface area contributed by atoms with Crippen molar-refractivity contribution in [2.45, 2.75) is 64.1 Å². The number of nitrogens with one attached hydrogen (secondary N) is 1. The Labute approximate surface area is 157 Å². The molecule has 1 aromatic carbocycles. The Hall–Kier alpha value is -1.39. The van der Waals surface area contributed by atoms with Crippen LogP contribution in [-0.4, -0.2) is 54.0 Å². The Morgan fingerprint density at radius 1 is 1.12 bits per heavy atom. The first-order valence-corrected chi connectivity index (χ1v) is 10.5. The molecule has 0 aliphatic carbocycles. The molecule has 4 nitrogen and oxygen atoms in total. The number of hydrogen-bond acceptors (Lipinski definition) is 3. The van der Waals surface area contributed by atoms with Gasteiger partial charge < -0.3 is 15.1 Å². The Morgan fingerprint density at radius 2 is 1.96 bits per heavy atom. The van der Waals surface area contributed by atoms with Crippen LogP contribution in [0.15, 0.2) is 24.3 Å². The zero-order valence-corrected chi connectivity index (χ0v) is 16.1. The van der Waals surface area contributed by atoms with Crippen molar-refractivity contribution in [1.29, 1.82) is 0 Å². The Bertz CT molecular complexity index is 632. The molecule has 0 unspecified atom stereocenters. The van der Waals surface area contributed by atoms with Crippen LogP contribution < -0.4 is 5.32 Å². The molecule has 1 amide bonds. The number of likely N-dealkylation sites (tertiary alicyclic amines) is 2. The third-order valence-electron chi connectivity index (χ3n) is 6.64. The zero-order chi connectivity index (χ0) is 17.9. The second-order valence-corrected chi connectivity index (χ2v) is 8.54. The van der Waals surface area contributed by atoms with Crippen LogP contribution in [0.2, 0.25) is 0 Å². The number of carbonyl (C=O) groups excluding carboxylic acids is 1. The van der Waals surface area contributed by atoms with E-state index >= 15 is 0 Å². The highest BCUT2D eigenvalue weighted by molar-refractivity contribution is 5.82. The molecule has 0 radical (unpaired) electrons. The second kappa shape index (κ2) is 8.10. The second-order valence-electron chi connectivity index (χ2n) is 8.54. The van der Waals surface area contributed by atoms with Crippen molar-refractivity contribution in [2.75, 3.05) is 26.2 Å². The fourth-order valence-electron chi connectivity index (χ4n) is 5.02. The predicted octanol–water partition coefficient (Wildman–Crippen LogP) is 2.81. The lowest BCUT2D eigenvalue weighted by molar-refractivity contribution is -0.135. The van der Waals surface area contributed by atoms with Crippen LogP contribution in [0.3, 0.4) is 0 Å². The third-order valence-corrected chi connectivity index (χ3v) is 6.64. The normalized spacial score (nSPS) is 30.0. The molecule has 0 spiro atoms. The standard InChI is InChI=1S/C22H33N3O/c1-17-7-4-5-11-24(17)15-18-8-6-12-25(16-18)22(26)21-13-19-9-2-3-10-20(19)14-23-21/h2-3,9-10,17-18,21,23H,4-8,11-16H2,1H3/t17-,18+,21-/m1/s1. The van der Waals surface area contributed by atoms with Gasteiger partial charge >= 0.3 is 0 Å². The molecule has 4 rings (SSSR count). The number of rotatable bonds is 3. The zero-order valence-electron chi connectivity index (χ0n) is 16.1. The summed E-state index contributed by atoms with van der Waals surface area (Å²) in [6.07, 6.45) is 7.31. The molecule has 142 valence electrons. The number of benzene rings is 1. The first kappa shape index (κ1) is 18.0. The molecule has 2 saturated heterocycles. The third kappa shape index (κ3) is 3.96. The maximum absolute atomic E-state index is 13.1. The Balaban J connectivity index is 1.35. The average Bonchev–Trinajstić information content (AvgIpc) is 2.69. The van der Waals surface area contributed by atoms with Gasteiger partial charge in [0, 0.05) is 32.2 Å². The Morgan fingerprint density at radius 3 is 2.81 bits per heavy atom. The molecule has 1 N–H and O–H groups in total. The average molecular weight is 356 g/mol. The van der Waals surface area contributed by atoms with Gasteiger partial charge in [-0.15, -0.1) is 0 Å². The lowest BCUT2D eigenvalue weighted by atomic mass is 9.92. The number of nitrogens with zero attached hydrogens (tertiary/aromatic N) is 2. The van der Waals surface area contributed by atoms with Crippen LogP contribution >= 0.6 is 0 Å².